The van der Waals surface area contributed by atoms with Gasteiger partial charge in [0.2, 0.25) is 0 Å². The molecule has 4 heteroatoms. The maximum absolute atomic E-state index is 5.88. The number of benzene rings is 1. The van der Waals surface area contributed by atoms with Gasteiger partial charge >= 0.3 is 0 Å². The van der Waals surface area contributed by atoms with E-state index in [2.05, 4.69) is 0 Å². The molecule has 12 heavy (non-hydrogen) atoms. The molecule has 68 valence electrons. The van der Waals surface area contributed by atoms with Crippen molar-refractivity contribution in [1.29, 1.82) is 0 Å². The molecule has 2 N–H and O–H groups in total. The lowest BCUT2D eigenvalue weighted by atomic mass is 10.1. The second kappa shape index (κ2) is 4.93. The minimum atomic E-state index is -0.0683. The van der Waals surface area contributed by atoms with Crippen LogP contribution in [0.5, 0.6) is 0 Å². The molecule has 0 spiro atoms. The van der Waals surface area contributed by atoms with Crippen LogP contribution >= 0.6 is 35.6 Å². The van der Waals surface area contributed by atoms with Crippen molar-refractivity contribution in [1.82, 2.24) is 0 Å². The van der Waals surface area contributed by atoms with Crippen LogP contribution in [-0.2, 0) is 0 Å². The Kier molecular flexibility index (Phi) is 4.95. The Labute approximate surface area is 88.3 Å². The van der Waals surface area contributed by atoms with Gasteiger partial charge in [0.05, 0.1) is 10.0 Å². The summed E-state index contributed by atoms with van der Waals surface area (Å²) in [4.78, 5) is 0. The van der Waals surface area contributed by atoms with Gasteiger partial charge in [-0.3, -0.25) is 0 Å². The summed E-state index contributed by atoms with van der Waals surface area (Å²) in [6, 6.07) is 5.39. The average Bonchev–Trinajstić information content (AvgIpc) is 1.94. The molecule has 1 atom stereocenters. The highest BCUT2D eigenvalue weighted by molar-refractivity contribution is 6.42. The second-order valence-electron chi connectivity index (χ2n) is 2.43. The smallest absolute Gasteiger partial charge is 0.0639 e. The van der Waals surface area contributed by atoms with Crippen LogP contribution in [0.4, 0.5) is 0 Å². The van der Waals surface area contributed by atoms with Gasteiger partial charge in [-0.2, -0.15) is 0 Å². The van der Waals surface area contributed by atoms with Crippen LogP contribution in [0, 0.1) is 0 Å². The summed E-state index contributed by atoms with van der Waals surface area (Å²) in [5.74, 6) is 0. The van der Waals surface area contributed by atoms with Crippen molar-refractivity contribution >= 4 is 35.6 Å². The molecule has 0 bridgehead atoms. The van der Waals surface area contributed by atoms with E-state index < -0.39 is 0 Å². The minimum absolute atomic E-state index is 0. The van der Waals surface area contributed by atoms with Crippen molar-refractivity contribution in [3.63, 3.8) is 0 Å². The zero-order valence-corrected chi connectivity index (χ0v) is 8.88. The first-order valence-corrected chi connectivity index (χ1v) is 4.08. The highest BCUT2D eigenvalue weighted by atomic mass is 35.5. The molecule has 0 fully saturated rings. The topological polar surface area (TPSA) is 26.0 Å². The summed E-state index contributed by atoms with van der Waals surface area (Å²) in [6.07, 6.45) is 0. The molecule has 0 heterocycles. The normalized spacial score (nSPS) is 12.0. The molecule has 1 aromatic carbocycles. The number of hydrogen-bond acceptors (Lipinski definition) is 1. The zero-order valence-electron chi connectivity index (χ0n) is 6.55. The summed E-state index contributed by atoms with van der Waals surface area (Å²) in [7, 11) is 0. The number of nitrogens with two attached hydrogens (primary N) is 1. The van der Waals surface area contributed by atoms with Crippen molar-refractivity contribution in [3.05, 3.63) is 33.8 Å². The van der Waals surface area contributed by atoms with E-state index in [1.165, 1.54) is 0 Å². The van der Waals surface area contributed by atoms with Gasteiger partial charge < -0.3 is 5.73 Å². The fraction of sp³-hybridized carbons (Fsp3) is 0.250. The van der Waals surface area contributed by atoms with E-state index in [0.717, 1.165) is 5.56 Å². The van der Waals surface area contributed by atoms with Crippen molar-refractivity contribution in [2.75, 3.05) is 0 Å². The number of hydrogen-bond donors (Lipinski definition) is 1. The summed E-state index contributed by atoms with van der Waals surface area (Å²) >= 11 is 11.6. The highest BCUT2D eigenvalue weighted by Gasteiger charge is 2.06. The van der Waals surface area contributed by atoms with E-state index in [4.69, 9.17) is 28.9 Å². The third kappa shape index (κ3) is 2.53. The second-order valence-corrected chi connectivity index (χ2v) is 3.22. The molecule has 1 rings (SSSR count). The zero-order chi connectivity index (χ0) is 8.43. The molecule has 0 amide bonds. The Morgan fingerprint density at radius 3 is 2.33 bits per heavy atom. The monoisotopic (exact) mass is 225 g/mol. The summed E-state index contributed by atoms with van der Waals surface area (Å²) in [6.45, 7) is 1.87. The maximum atomic E-state index is 5.88. The van der Waals surface area contributed by atoms with Crippen LogP contribution < -0.4 is 5.73 Å². The van der Waals surface area contributed by atoms with Gasteiger partial charge in [0.1, 0.15) is 0 Å². The molecule has 0 saturated carbocycles. The van der Waals surface area contributed by atoms with Crippen LogP contribution in [0.1, 0.15) is 18.5 Å². The molecule has 1 nitrogen and oxygen atoms in total. The van der Waals surface area contributed by atoms with Crippen LogP contribution in [0.2, 0.25) is 10.0 Å². The molecule has 0 aliphatic carbocycles. The molecule has 0 aliphatic heterocycles. The lowest BCUT2D eigenvalue weighted by Crippen LogP contribution is -2.05. The van der Waals surface area contributed by atoms with Crippen LogP contribution in [0.15, 0.2) is 18.2 Å². The Bertz CT molecular complexity index is 260. The SMILES string of the molecule is CC(N)c1cccc(Cl)c1Cl.Cl. The molecular formula is C8H10Cl3N. The lowest BCUT2D eigenvalue weighted by molar-refractivity contribution is 0.818. The van der Waals surface area contributed by atoms with Gasteiger partial charge in [0.15, 0.2) is 0 Å². The van der Waals surface area contributed by atoms with Gasteiger partial charge in [-0.25, -0.2) is 0 Å². The van der Waals surface area contributed by atoms with E-state index in [1.54, 1.807) is 6.07 Å². The average molecular weight is 227 g/mol. The van der Waals surface area contributed by atoms with E-state index >= 15 is 0 Å². The standard InChI is InChI=1S/C8H9Cl2N.ClH/c1-5(11)6-3-2-4-7(9)8(6)10;/h2-5H,11H2,1H3;1H. The first-order chi connectivity index (χ1) is 5.13. The lowest BCUT2D eigenvalue weighted by Gasteiger charge is -2.08. The Morgan fingerprint density at radius 1 is 1.33 bits per heavy atom. The van der Waals surface area contributed by atoms with Crippen LogP contribution in [-0.4, -0.2) is 0 Å². The van der Waals surface area contributed by atoms with Crippen molar-refractivity contribution in [2.45, 2.75) is 13.0 Å². The molecule has 0 saturated heterocycles. The third-order valence-corrected chi connectivity index (χ3v) is 2.31. The Balaban J connectivity index is 0.00000121. The van der Waals surface area contributed by atoms with Crippen molar-refractivity contribution in [3.8, 4) is 0 Å². The molecular weight excluding hydrogens is 216 g/mol. The van der Waals surface area contributed by atoms with Gasteiger partial charge in [-0.15, -0.1) is 12.4 Å². The van der Waals surface area contributed by atoms with E-state index in [0.29, 0.717) is 10.0 Å². The van der Waals surface area contributed by atoms with E-state index in [-0.39, 0.29) is 18.4 Å². The fourth-order valence-electron chi connectivity index (χ4n) is 0.872. The predicted octanol–water partition coefficient (Wildman–Crippen LogP) is 3.43. The summed E-state index contributed by atoms with van der Waals surface area (Å²) in [5, 5.41) is 1.12. The number of halogens is 3. The Hall–Kier alpha value is 0.0500. The molecule has 1 aromatic rings. The predicted molar refractivity (Wildman–Crippen MR) is 56.3 cm³/mol. The quantitative estimate of drug-likeness (QED) is 0.780. The van der Waals surface area contributed by atoms with Gasteiger partial charge in [-0.1, -0.05) is 35.3 Å². The fourth-order valence-corrected chi connectivity index (χ4v) is 1.35. The van der Waals surface area contributed by atoms with Gasteiger partial charge in [-0.05, 0) is 18.6 Å². The van der Waals surface area contributed by atoms with Crippen molar-refractivity contribution < 1.29 is 0 Å². The molecule has 0 radical (unpaired) electrons. The highest BCUT2D eigenvalue weighted by Crippen LogP contribution is 2.28. The van der Waals surface area contributed by atoms with Crippen molar-refractivity contribution in [2.24, 2.45) is 5.73 Å². The molecule has 1 unspecified atom stereocenters. The summed E-state index contributed by atoms with van der Waals surface area (Å²) < 4.78 is 0. The molecule has 0 aromatic heterocycles. The Morgan fingerprint density at radius 2 is 1.92 bits per heavy atom. The maximum Gasteiger partial charge on any atom is 0.0639 e. The number of rotatable bonds is 1. The largest absolute Gasteiger partial charge is 0.324 e. The van der Waals surface area contributed by atoms with E-state index in [9.17, 15) is 0 Å². The van der Waals surface area contributed by atoms with Crippen LogP contribution in [0.3, 0.4) is 0 Å². The first kappa shape index (κ1) is 12.0. The van der Waals surface area contributed by atoms with Gasteiger partial charge in [0, 0.05) is 6.04 Å². The molecule has 0 aliphatic rings. The van der Waals surface area contributed by atoms with E-state index in [1.807, 2.05) is 19.1 Å². The first-order valence-electron chi connectivity index (χ1n) is 3.32. The van der Waals surface area contributed by atoms with Crippen LogP contribution in [0.25, 0.3) is 0 Å². The van der Waals surface area contributed by atoms with Gasteiger partial charge in [0.25, 0.3) is 0 Å². The third-order valence-electron chi connectivity index (χ3n) is 1.47. The minimum Gasteiger partial charge on any atom is -0.324 e. The summed E-state index contributed by atoms with van der Waals surface area (Å²) in [5.41, 5.74) is 6.53.